The van der Waals surface area contributed by atoms with Crippen LogP contribution in [-0.2, 0) is 6.42 Å². The summed E-state index contributed by atoms with van der Waals surface area (Å²) >= 11 is 0. The summed E-state index contributed by atoms with van der Waals surface area (Å²) in [6, 6.07) is 17.8. The SMILES string of the molecule is COc1ccc(CCNC(=O)c2cc(C)n(-c3ccccc3)c2C)cc1OC. The minimum Gasteiger partial charge on any atom is -0.493 e. The number of nitrogens with zero attached hydrogens (tertiary/aromatic N) is 1. The highest BCUT2D eigenvalue weighted by Gasteiger charge is 2.16. The number of carbonyl (C=O) groups excluding carboxylic acids is 1. The average Bonchev–Trinajstić information content (AvgIpc) is 3.02. The van der Waals surface area contributed by atoms with Gasteiger partial charge < -0.3 is 19.4 Å². The Morgan fingerprint density at radius 2 is 1.68 bits per heavy atom. The molecular weight excluding hydrogens is 352 g/mol. The van der Waals surface area contributed by atoms with Crippen LogP contribution in [0.4, 0.5) is 0 Å². The predicted octanol–water partition coefficient (Wildman–Crippen LogP) is 4.08. The fourth-order valence-electron chi connectivity index (χ4n) is 3.42. The molecular formula is C23H26N2O3. The largest absolute Gasteiger partial charge is 0.493 e. The first-order valence-electron chi connectivity index (χ1n) is 9.28. The number of hydrogen-bond acceptors (Lipinski definition) is 3. The van der Waals surface area contributed by atoms with E-state index >= 15 is 0 Å². The lowest BCUT2D eigenvalue weighted by Crippen LogP contribution is -2.26. The normalized spacial score (nSPS) is 10.6. The van der Waals surface area contributed by atoms with E-state index in [9.17, 15) is 4.79 Å². The number of methoxy groups -OCH3 is 2. The van der Waals surface area contributed by atoms with Gasteiger partial charge in [0.1, 0.15) is 0 Å². The molecule has 146 valence electrons. The molecule has 5 nitrogen and oxygen atoms in total. The summed E-state index contributed by atoms with van der Waals surface area (Å²) in [7, 11) is 3.23. The molecule has 0 fully saturated rings. The molecule has 0 aliphatic rings. The molecule has 28 heavy (non-hydrogen) atoms. The van der Waals surface area contributed by atoms with Crippen LogP contribution in [0.15, 0.2) is 54.6 Å². The van der Waals surface area contributed by atoms with E-state index in [0.717, 1.165) is 22.6 Å². The lowest BCUT2D eigenvalue weighted by molar-refractivity contribution is 0.0953. The van der Waals surface area contributed by atoms with Gasteiger partial charge in [-0.2, -0.15) is 0 Å². The van der Waals surface area contributed by atoms with E-state index in [1.807, 2.05) is 68.4 Å². The number of amides is 1. The van der Waals surface area contributed by atoms with Crippen LogP contribution >= 0.6 is 0 Å². The summed E-state index contributed by atoms with van der Waals surface area (Å²) in [6.07, 6.45) is 0.712. The van der Waals surface area contributed by atoms with Crippen molar-refractivity contribution >= 4 is 5.91 Å². The van der Waals surface area contributed by atoms with Crippen molar-refractivity contribution in [2.24, 2.45) is 0 Å². The van der Waals surface area contributed by atoms with Gasteiger partial charge in [0.05, 0.1) is 19.8 Å². The van der Waals surface area contributed by atoms with E-state index in [0.29, 0.717) is 30.0 Å². The Labute approximate surface area is 165 Å². The first-order chi connectivity index (χ1) is 13.5. The number of benzene rings is 2. The third-order valence-electron chi connectivity index (χ3n) is 4.84. The Morgan fingerprint density at radius 3 is 2.36 bits per heavy atom. The van der Waals surface area contributed by atoms with Gasteiger partial charge in [-0.1, -0.05) is 24.3 Å². The smallest absolute Gasteiger partial charge is 0.253 e. The molecule has 0 aliphatic heterocycles. The van der Waals surface area contributed by atoms with Crippen molar-refractivity contribution in [2.75, 3.05) is 20.8 Å². The maximum Gasteiger partial charge on any atom is 0.253 e. The molecule has 1 heterocycles. The van der Waals surface area contributed by atoms with E-state index in [-0.39, 0.29) is 5.91 Å². The van der Waals surface area contributed by atoms with E-state index < -0.39 is 0 Å². The molecule has 0 unspecified atom stereocenters. The molecule has 2 aromatic carbocycles. The van der Waals surface area contributed by atoms with E-state index in [2.05, 4.69) is 9.88 Å². The third kappa shape index (κ3) is 4.03. The Balaban J connectivity index is 1.68. The van der Waals surface area contributed by atoms with Crippen LogP contribution in [0.2, 0.25) is 0 Å². The number of nitrogens with one attached hydrogen (secondary N) is 1. The van der Waals surface area contributed by atoms with Crippen LogP contribution in [0, 0.1) is 13.8 Å². The van der Waals surface area contributed by atoms with E-state index in [1.165, 1.54) is 0 Å². The molecule has 0 saturated heterocycles. The zero-order valence-corrected chi connectivity index (χ0v) is 16.8. The third-order valence-corrected chi connectivity index (χ3v) is 4.84. The second kappa shape index (κ2) is 8.65. The Hall–Kier alpha value is -3.21. The molecule has 0 atom stereocenters. The maximum atomic E-state index is 12.7. The number of ether oxygens (including phenoxy) is 2. The first-order valence-corrected chi connectivity index (χ1v) is 9.28. The van der Waals surface area contributed by atoms with Crippen molar-refractivity contribution in [3.8, 4) is 17.2 Å². The van der Waals surface area contributed by atoms with Crippen molar-refractivity contribution in [3.63, 3.8) is 0 Å². The highest BCUT2D eigenvalue weighted by Crippen LogP contribution is 2.27. The topological polar surface area (TPSA) is 52.5 Å². The van der Waals surface area contributed by atoms with Crippen molar-refractivity contribution in [3.05, 3.63) is 77.1 Å². The standard InChI is InChI=1S/C23H26N2O3/c1-16-14-20(17(2)25(16)19-8-6-5-7-9-19)23(26)24-13-12-18-10-11-21(27-3)22(15-18)28-4/h5-11,14-15H,12-13H2,1-4H3,(H,24,26). The summed E-state index contributed by atoms with van der Waals surface area (Å²) in [6.45, 7) is 4.53. The van der Waals surface area contributed by atoms with Gasteiger partial charge >= 0.3 is 0 Å². The van der Waals surface area contributed by atoms with Crippen molar-refractivity contribution in [1.29, 1.82) is 0 Å². The zero-order valence-electron chi connectivity index (χ0n) is 16.8. The molecule has 5 heteroatoms. The van der Waals surface area contributed by atoms with Crippen LogP contribution in [0.1, 0.15) is 27.3 Å². The van der Waals surface area contributed by atoms with Gasteiger partial charge in [0.15, 0.2) is 11.5 Å². The van der Waals surface area contributed by atoms with Crippen LogP contribution in [0.25, 0.3) is 5.69 Å². The number of hydrogen-bond donors (Lipinski definition) is 1. The number of aromatic nitrogens is 1. The van der Waals surface area contributed by atoms with E-state index in [4.69, 9.17) is 9.47 Å². The Bertz CT molecular complexity index is 961. The second-order valence-corrected chi connectivity index (χ2v) is 6.65. The van der Waals surface area contributed by atoms with Gasteiger partial charge in [0.2, 0.25) is 0 Å². The monoisotopic (exact) mass is 378 g/mol. The summed E-state index contributed by atoms with van der Waals surface area (Å²) in [5.74, 6) is 1.33. The quantitative estimate of drug-likeness (QED) is 0.674. The molecule has 3 rings (SSSR count). The van der Waals surface area contributed by atoms with E-state index in [1.54, 1.807) is 14.2 Å². The molecule has 0 spiro atoms. The van der Waals surface area contributed by atoms with Crippen molar-refractivity contribution < 1.29 is 14.3 Å². The second-order valence-electron chi connectivity index (χ2n) is 6.65. The van der Waals surface area contributed by atoms with Gasteiger partial charge in [-0.25, -0.2) is 0 Å². The molecule has 0 bridgehead atoms. The average molecular weight is 378 g/mol. The minimum atomic E-state index is -0.0595. The molecule has 3 aromatic rings. The van der Waals surface area contributed by atoms with Gasteiger partial charge in [0.25, 0.3) is 5.91 Å². The summed E-state index contributed by atoms with van der Waals surface area (Å²) in [4.78, 5) is 12.7. The van der Waals surface area contributed by atoms with Crippen molar-refractivity contribution in [1.82, 2.24) is 9.88 Å². The maximum absolute atomic E-state index is 12.7. The lowest BCUT2D eigenvalue weighted by Gasteiger charge is -2.11. The summed E-state index contributed by atoms with van der Waals surface area (Å²) in [5, 5.41) is 3.02. The van der Waals surface area contributed by atoms with Crippen LogP contribution in [0.5, 0.6) is 11.5 Å². The Kier molecular flexibility index (Phi) is 6.04. The summed E-state index contributed by atoms with van der Waals surface area (Å²) < 4.78 is 12.7. The molecule has 0 saturated carbocycles. The predicted molar refractivity (Wildman–Crippen MR) is 111 cm³/mol. The molecule has 0 aliphatic carbocycles. The van der Waals surface area contributed by atoms with Gasteiger partial charge in [-0.05, 0) is 56.2 Å². The molecule has 1 amide bonds. The fraction of sp³-hybridized carbons (Fsp3) is 0.261. The Morgan fingerprint density at radius 1 is 0.964 bits per heavy atom. The molecule has 0 radical (unpaired) electrons. The number of rotatable bonds is 7. The van der Waals surface area contributed by atoms with Crippen LogP contribution in [0.3, 0.4) is 0 Å². The van der Waals surface area contributed by atoms with Gasteiger partial charge in [-0.15, -0.1) is 0 Å². The van der Waals surface area contributed by atoms with Crippen LogP contribution < -0.4 is 14.8 Å². The van der Waals surface area contributed by atoms with Gasteiger partial charge in [0, 0.05) is 23.6 Å². The van der Waals surface area contributed by atoms with Crippen molar-refractivity contribution in [2.45, 2.75) is 20.3 Å². The number of para-hydroxylation sites is 1. The first kappa shape index (κ1) is 19.5. The van der Waals surface area contributed by atoms with Gasteiger partial charge in [-0.3, -0.25) is 4.79 Å². The minimum absolute atomic E-state index is 0.0595. The fourth-order valence-corrected chi connectivity index (χ4v) is 3.42. The number of carbonyl (C=O) groups is 1. The summed E-state index contributed by atoms with van der Waals surface area (Å²) in [5.41, 5.74) is 4.81. The number of aryl methyl sites for hydroxylation is 1. The highest BCUT2D eigenvalue weighted by molar-refractivity contribution is 5.95. The van der Waals surface area contributed by atoms with Crippen LogP contribution in [-0.4, -0.2) is 31.2 Å². The lowest BCUT2D eigenvalue weighted by atomic mass is 10.1. The highest BCUT2D eigenvalue weighted by atomic mass is 16.5. The zero-order chi connectivity index (χ0) is 20.1. The molecule has 1 aromatic heterocycles. The molecule has 1 N–H and O–H groups in total.